The summed E-state index contributed by atoms with van der Waals surface area (Å²) >= 11 is 0. The zero-order chi connectivity index (χ0) is 37.1. The molecule has 11 rings (SSSR count). The summed E-state index contributed by atoms with van der Waals surface area (Å²) in [6, 6.07) is 55.4. The first-order valence-electron chi connectivity index (χ1n) is 21.2. The van der Waals surface area contributed by atoms with Crippen LogP contribution in [0.5, 0.6) is 0 Å². The molecule has 0 saturated heterocycles. The molecule has 2 saturated carbocycles. The summed E-state index contributed by atoms with van der Waals surface area (Å²) in [5.41, 5.74) is 17.6. The molecule has 0 spiro atoms. The van der Waals surface area contributed by atoms with E-state index in [0.29, 0.717) is 11.8 Å². The summed E-state index contributed by atoms with van der Waals surface area (Å²) in [5.74, 6) is 1.32. The van der Waals surface area contributed by atoms with E-state index in [1.165, 1.54) is 131 Å². The third-order valence-electron chi connectivity index (χ3n) is 14.0. The molecule has 2 fully saturated rings. The first kappa shape index (κ1) is 33.6. The molecule has 2 aromatic heterocycles. The summed E-state index contributed by atoms with van der Waals surface area (Å²) in [6.45, 7) is 0. The van der Waals surface area contributed by atoms with E-state index in [1.807, 2.05) is 18.5 Å². The third-order valence-corrected chi connectivity index (χ3v) is 14.0. The van der Waals surface area contributed by atoms with Crippen LogP contribution in [0.1, 0.15) is 75.3 Å². The van der Waals surface area contributed by atoms with Gasteiger partial charge in [0.2, 0.25) is 0 Å². The molecule has 3 aliphatic rings. The van der Waals surface area contributed by atoms with Crippen molar-refractivity contribution in [3.8, 4) is 50.2 Å². The van der Waals surface area contributed by atoms with Crippen LogP contribution in [0.3, 0.4) is 0 Å². The van der Waals surface area contributed by atoms with Crippen LogP contribution in [0.15, 0.2) is 158 Å². The summed E-state index contributed by atoms with van der Waals surface area (Å²) in [7, 11) is 0. The first-order chi connectivity index (χ1) is 27.8. The maximum absolute atomic E-state index is 4.36. The molecule has 0 radical (unpaired) electrons. The highest BCUT2D eigenvalue weighted by Gasteiger charge is 2.53. The van der Waals surface area contributed by atoms with Crippen molar-refractivity contribution < 1.29 is 0 Å². The van der Waals surface area contributed by atoms with E-state index in [0.717, 1.165) is 5.56 Å². The van der Waals surface area contributed by atoms with Crippen molar-refractivity contribution >= 4 is 21.8 Å². The van der Waals surface area contributed by atoms with Crippen molar-refractivity contribution in [2.75, 3.05) is 0 Å². The Morgan fingerprint density at radius 1 is 0.429 bits per heavy atom. The minimum atomic E-state index is 0.0378. The number of para-hydroxylation sites is 2. The summed E-state index contributed by atoms with van der Waals surface area (Å²) < 4.78 is 2.43. The van der Waals surface area contributed by atoms with E-state index < -0.39 is 0 Å². The molecule has 0 N–H and O–H groups in total. The maximum atomic E-state index is 4.36. The Kier molecular flexibility index (Phi) is 8.27. The Morgan fingerprint density at radius 2 is 0.893 bits per heavy atom. The molecule has 56 heavy (non-hydrogen) atoms. The quantitative estimate of drug-likeness (QED) is 0.167. The minimum absolute atomic E-state index is 0.0378. The molecular formula is C54H48N2. The van der Waals surface area contributed by atoms with E-state index in [1.54, 1.807) is 11.1 Å². The smallest absolute Gasteiger partial charge is 0.0541 e. The van der Waals surface area contributed by atoms with E-state index in [-0.39, 0.29) is 5.41 Å². The summed E-state index contributed by atoms with van der Waals surface area (Å²) in [6.07, 6.45) is 17.3. The molecule has 2 heteroatoms. The van der Waals surface area contributed by atoms with Crippen LogP contribution < -0.4 is 0 Å². The van der Waals surface area contributed by atoms with Crippen LogP contribution in [0.2, 0.25) is 0 Å². The van der Waals surface area contributed by atoms with Gasteiger partial charge >= 0.3 is 0 Å². The lowest BCUT2D eigenvalue weighted by Gasteiger charge is -2.49. The van der Waals surface area contributed by atoms with Crippen molar-refractivity contribution in [1.29, 1.82) is 0 Å². The average molecular weight is 725 g/mol. The number of benzene rings is 6. The van der Waals surface area contributed by atoms with Gasteiger partial charge in [-0.1, -0.05) is 142 Å². The number of hydrogen-bond donors (Lipinski definition) is 0. The molecule has 0 atom stereocenters. The number of aromatic nitrogens is 2. The van der Waals surface area contributed by atoms with Crippen LogP contribution in [0, 0.1) is 11.8 Å². The minimum Gasteiger partial charge on any atom is -0.309 e. The Labute approximate surface area is 330 Å². The number of rotatable bonds is 6. The molecule has 3 aliphatic carbocycles. The zero-order valence-corrected chi connectivity index (χ0v) is 32.1. The summed E-state index contributed by atoms with van der Waals surface area (Å²) in [5, 5.41) is 2.61. The highest BCUT2D eigenvalue weighted by molar-refractivity contribution is 6.09. The number of pyridine rings is 1. The zero-order valence-electron chi connectivity index (χ0n) is 32.1. The second-order valence-corrected chi connectivity index (χ2v) is 16.8. The second-order valence-electron chi connectivity index (χ2n) is 16.8. The predicted octanol–water partition coefficient (Wildman–Crippen LogP) is 14.6. The molecule has 6 aromatic carbocycles. The highest BCUT2D eigenvalue weighted by atomic mass is 15.0. The van der Waals surface area contributed by atoms with Gasteiger partial charge in [0.05, 0.1) is 11.0 Å². The van der Waals surface area contributed by atoms with E-state index >= 15 is 0 Å². The molecule has 0 unspecified atom stereocenters. The van der Waals surface area contributed by atoms with Crippen molar-refractivity contribution in [2.24, 2.45) is 11.8 Å². The molecule has 0 amide bonds. The Morgan fingerprint density at radius 3 is 1.39 bits per heavy atom. The van der Waals surface area contributed by atoms with Crippen LogP contribution in [-0.4, -0.2) is 9.55 Å². The summed E-state index contributed by atoms with van der Waals surface area (Å²) in [4.78, 5) is 4.36. The van der Waals surface area contributed by atoms with Gasteiger partial charge in [-0.05, 0) is 136 Å². The van der Waals surface area contributed by atoms with Crippen molar-refractivity contribution in [1.82, 2.24) is 9.55 Å². The normalized spacial score (nSPS) is 16.9. The standard InChI is InChI=1S/C54H48N2/c1-3-13-43(14-4-1)54(44-15-5-2-6-16-44)50-34-40(37-21-23-39(24-22-37)42-12-11-33-55-36-42)27-31-46(50)47-32-28-41(35-51(47)54)38-25-29-45(30-26-38)56-52-19-9-7-17-48(52)49-18-8-10-20-53(49)56/h7-12,17-36,43-44H,1-6,13-16H2. The van der Waals surface area contributed by atoms with Crippen molar-refractivity contribution in [3.05, 3.63) is 169 Å². The van der Waals surface area contributed by atoms with Gasteiger partial charge < -0.3 is 4.57 Å². The monoisotopic (exact) mass is 724 g/mol. The van der Waals surface area contributed by atoms with Gasteiger partial charge in [-0.2, -0.15) is 0 Å². The fourth-order valence-electron chi connectivity index (χ4n) is 11.5. The van der Waals surface area contributed by atoms with Crippen LogP contribution in [0.25, 0.3) is 72.0 Å². The Balaban J connectivity index is 1.04. The van der Waals surface area contributed by atoms with Crippen molar-refractivity contribution in [2.45, 2.75) is 69.6 Å². The van der Waals surface area contributed by atoms with Gasteiger partial charge in [-0.15, -0.1) is 0 Å². The third kappa shape index (κ3) is 5.33. The highest BCUT2D eigenvalue weighted by Crippen LogP contribution is 2.62. The molecular weight excluding hydrogens is 677 g/mol. The first-order valence-corrected chi connectivity index (χ1v) is 21.2. The topological polar surface area (TPSA) is 17.8 Å². The average Bonchev–Trinajstić information content (AvgIpc) is 3.77. The number of nitrogens with zero attached hydrogens (tertiary/aromatic N) is 2. The molecule has 0 bridgehead atoms. The predicted molar refractivity (Wildman–Crippen MR) is 234 cm³/mol. The van der Waals surface area contributed by atoms with Crippen LogP contribution >= 0.6 is 0 Å². The van der Waals surface area contributed by atoms with Gasteiger partial charge in [-0.3, -0.25) is 4.98 Å². The molecule has 274 valence electrons. The van der Waals surface area contributed by atoms with E-state index in [4.69, 9.17) is 0 Å². The number of fused-ring (bicyclic) bond motifs is 6. The van der Waals surface area contributed by atoms with Gasteiger partial charge in [0.15, 0.2) is 0 Å². The molecule has 0 aliphatic heterocycles. The SMILES string of the molecule is c1cncc(-c2ccc(-c3ccc4c(c3)C(C3CCCCC3)(C3CCCCC3)c3cc(-c5ccc(-n6c7ccccc7c7ccccc76)cc5)ccc3-4)cc2)c1. The van der Waals surface area contributed by atoms with Crippen molar-refractivity contribution in [3.63, 3.8) is 0 Å². The van der Waals surface area contributed by atoms with Gasteiger partial charge in [-0.25, -0.2) is 0 Å². The molecule has 2 heterocycles. The van der Waals surface area contributed by atoms with E-state index in [9.17, 15) is 0 Å². The van der Waals surface area contributed by atoms with E-state index in [2.05, 4.69) is 149 Å². The second kappa shape index (κ2) is 13.8. The fourth-order valence-corrected chi connectivity index (χ4v) is 11.5. The Bertz CT molecular complexity index is 2620. The Hall–Kier alpha value is -5.73. The van der Waals surface area contributed by atoms with Crippen LogP contribution in [0.4, 0.5) is 0 Å². The lowest BCUT2D eigenvalue weighted by molar-refractivity contribution is 0.137. The molecule has 8 aromatic rings. The molecule has 2 nitrogen and oxygen atoms in total. The largest absolute Gasteiger partial charge is 0.309 e. The maximum Gasteiger partial charge on any atom is 0.0541 e. The van der Waals surface area contributed by atoms with Crippen LogP contribution in [-0.2, 0) is 5.41 Å². The lowest BCUT2D eigenvalue weighted by Crippen LogP contribution is -2.44. The van der Waals surface area contributed by atoms with Gasteiger partial charge in [0.25, 0.3) is 0 Å². The fraction of sp³-hybridized carbons (Fsp3) is 0.241. The van der Waals surface area contributed by atoms with Gasteiger partial charge in [0, 0.05) is 34.3 Å². The lowest BCUT2D eigenvalue weighted by atomic mass is 9.54. The number of hydrogen-bond acceptors (Lipinski definition) is 1. The van der Waals surface area contributed by atoms with Gasteiger partial charge in [0.1, 0.15) is 0 Å².